The van der Waals surface area contributed by atoms with E-state index in [2.05, 4.69) is 33.2 Å². The predicted molar refractivity (Wildman–Crippen MR) is 97.5 cm³/mol. The van der Waals surface area contributed by atoms with Crippen LogP contribution in [-0.4, -0.2) is 24.2 Å². The Bertz CT molecular complexity index is 800. The summed E-state index contributed by atoms with van der Waals surface area (Å²) >= 11 is 2.11. The van der Waals surface area contributed by atoms with Gasteiger partial charge in [0.05, 0.1) is 11.3 Å². The van der Waals surface area contributed by atoms with Crippen molar-refractivity contribution in [1.82, 2.24) is 5.32 Å². The molecule has 0 fully saturated rings. The molecule has 0 atom stereocenters. The van der Waals surface area contributed by atoms with Crippen molar-refractivity contribution in [3.8, 4) is 0 Å². The van der Waals surface area contributed by atoms with E-state index in [-0.39, 0.29) is 25.1 Å². The van der Waals surface area contributed by atoms with Crippen LogP contribution in [0.4, 0.5) is 24.5 Å². The van der Waals surface area contributed by atoms with Crippen molar-refractivity contribution >= 4 is 39.9 Å². The smallest absolute Gasteiger partial charge is 0.253 e. The monoisotopic (exact) mass is 464 g/mol. The van der Waals surface area contributed by atoms with Crippen LogP contribution in [0, 0.1) is 27.9 Å². The summed E-state index contributed by atoms with van der Waals surface area (Å²) in [7, 11) is 0. The lowest BCUT2D eigenvalue weighted by Gasteiger charge is -2.16. The van der Waals surface area contributed by atoms with Crippen molar-refractivity contribution in [2.45, 2.75) is 13.3 Å². The van der Waals surface area contributed by atoms with Crippen molar-refractivity contribution in [1.29, 1.82) is 0 Å². The lowest BCUT2D eigenvalue weighted by atomic mass is 10.1. The first-order valence-electron chi connectivity index (χ1n) is 7.45. The molecule has 2 rings (SSSR count). The number of amides is 1. The maximum absolute atomic E-state index is 14.3. The zero-order valence-electron chi connectivity index (χ0n) is 13.3. The van der Waals surface area contributed by atoms with E-state index in [4.69, 9.17) is 5.11 Å². The average Bonchev–Trinajstić information content (AvgIpc) is 2.57. The first-order chi connectivity index (χ1) is 11.8. The summed E-state index contributed by atoms with van der Waals surface area (Å²) in [5, 5.41) is 13.9. The molecule has 0 aliphatic heterocycles. The van der Waals surface area contributed by atoms with E-state index in [1.54, 1.807) is 19.1 Å². The maximum Gasteiger partial charge on any atom is 0.253 e. The van der Waals surface area contributed by atoms with Gasteiger partial charge in [-0.15, -0.1) is 0 Å². The SMILES string of the molecule is Cc1cc(I)ccc1Nc1c(C(=O)NCCCO)cc(F)c(F)c1F. The molecule has 134 valence electrons. The molecule has 0 aromatic heterocycles. The van der Waals surface area contributed by atoms with Crippen LogP contribution in [0.15, 0.2) is 24.3 Å². The minimum absolute atomic E-state index is 0.123. The first kappa shape index (κ1) is 19.5. The number of halogens is 4. The van der Waals surface area contributed by atoms with E-state index in [1.165, 1.54) is 0 Å². The molecular weight excluding hydrogens is 448 g/mol. The molecule has 25 heavy (non-hydrogen) atoms. The Morgan fingerprint density at radius 1 is 1.20 bits per heavy atom. The van der Waals surface area contributed by atoms with Gasteiger partial charge in [0, 0.05) is 22.4 Å². The zero-order chi connectivity index (χ0) is 18.6. The number of carbonyl (C=O) groups is 1. The van der Waals surface area contributed by atoms with E-state index >= 15 is 0 Å². The molecular formula is C17H16F3IN2O2. The third-order valence-corrected chi connectivity index (χ3v) is 4.15. The predicted octanol–water partition coefficient (Wildman–Crippen LogP) is 3.87. The standard InChI is InChI=1S/C17H16F3IN2O2/c1-9-7-10(21)3-4-13(9)23-16-11(17(25)22-5-2-6-24)8-12(18)14(19)15(16)20/h3-4,7-8,23-24H,2,5-6H2,1H3,(H,22,25). The molecule has 2 aromatic carbocycles. The van der Waals surface area contributed by atoms with Gasteiger partial charge in [0.2, 0.25) is 0 Å². The fourth-order valence-corrected chi connectivity index (χ4v) is 2.82. The fraction of sp³-hybridized carbons (Fsp3) is 0.235. The highest BCUT2D eigenvalue weighted by atomic mass is 127. The highest BCUT2D eigenvalue weighted by Gasteiger charge is 2.23. The summed E-state index contributed by atoms with van der Waals surface area (Å²) in [6, 6.07) is 5.89. The van der Waals surface area contributed by atoms with Crippen LogP contribution >= 0.6 is 22.6 Å². The summed E-state index contributed by atoms with van der Waals surface area (Å²) in [4.78, 5) is 12.2. The number of nitrogens with one attached hydrogen (secondary N) is 2. The van der Waals surface area contributed by atoms with Crippen LogP contribution in [-0.2, 0) is 0 Å². The lowest BCUT2D eigenvalue weighted by Crippen LogP contribution is -2.26. The van der Waals surface area contributed by atoms with Gasteiger partial charge in [-0.2, -0.15) is 0 Å². The second-order valence-corrected chi connectivity index (χ2v) is 6.57. The molecule has 1 amide bonds. The second-order valence-electron chi connectivity index (χ2n) is 5.33. The molecule has 0 unspecified atom stereocenters. The number of hydrogen-bond acceptors (Lipinski definition) is 3. The molecule has 0 heterocycles. The van der Waals surface area contributed by atoms with Crippen LogP contribution in [0.5, 0.6) is 0 Å². The molecule has 0 aliphatic rings. The molecule has 0 spiro atoms. The fourth-order valence-electron chi connectivity index (χ4n) is 2.17. The first-order valence-corrected chi connectivity index (χ1v) is 8.52. The maximum atomic E-state index is 14.3. The Morgan fingerprint density at radius 2 is 1.92 bits per heavy atom. The van der Waals surface area contributed by atoms with Crippen LogP contribution < -0.4 is 10.6 Å². The average molecular weight is 464 g/mol. The topological polar surface area (TPSA) is 61.4 Å². The molecule has 0 bridgehead atoms. The number of aliphatic hydroxyl groups is 1. The largest absolute Gasteiger partial charge is 0.396 e. The van der Waals surface area contributed by atoms with Gasteiger partial charge in [0.25, 0.3) is 5.91 Å². The van der Waals surface area contributed by atoms with Crippen molar-refractivity contribution in [3.63, 3.8) is 0 Å². The summed E-state index contributed by atoms with van der Waals surface area (Å²) < 4.78 is 42.5. The quantitative estimate of drug-likeness (QED) is 0.346. The van der Waals surface area contributed by atoms with Gasteiger partial charge in [-0.05, 0) is 65.8 Å². The minimum Gasteiger partial charge on any atom is -0.396 e. The minimum atomic E-state index is -1.66. The van der Waals surface area contributed by atoms with E-state index in [0.717, 1.165) is 9.13 Å². The Hall–Kier alpha value is -1.81. The number of benzene rings is 2. The van der Waals surface area contributed by atoms with Gasteiger partial charge in [0.1, 0.15) is 0 Å². The molecule has 3 N–H and O–H groups in total. The van der Waals surface area contributed by atoms with Crippen molar-refractivity contribution in [3.05, 3.63) is 56.4 Å². The number of carbonyl (C=O) groups excluding carboxylic acids is 1. The van der Waals surface area contributed by atoms with Gasteiger partial charge in [-0.25, -0.2) is 13.2 Å². The molecule has 0 radical (unpaired) electrons. The van der Waals surface area contributed by atoms with Gasteiger partial charge >= 0.3 is 0 Å². The lowest BCUT2D eigenvalue weighted by molar-refractivity contribution is 0.0951. The molecule has 4 nitrogen and oxygen atoms in total. The van der Waals surface area contributed by atoms with Gasteiger partial charge in [-0.1, -0.05) is 0 Å². The van der Waals surface area contributed by atoms with Crippen LogP contribution in [0.25, 0.3) is 0 Å². The number of rotatable bonds is 6. The third kappa shape index (κ3) is 4.63. The second kappa shape index (κ2) is 8.52. The normalized spacial score (nSPS) is 10.6. The van der Waals surface area contributed by atoms with Crippen LogP contribution in [0.3, 0.4) is 0 Å². The number of anilines is 2. The van der Waals surface area contributed by atoms with Crippen molar-refractivity contribution in [2.75, 3.05) is 18.5 Å². The third-order valence-electron chi connectivity index (χ3n) is 3.48. The zero-order valence-corrected chi connectivity index (χ0v) is 15.5. The summed E-state index contributed by atoms with van der Waals surface area (Å²) in [6.45, 7) is 1.75. The number of aryl methyl sites for hydroxylation is 1. The molecule has 0 aliphatic carbocycles. The molecule has 0 saturated heterocycles. The Kier molecular flexibility index (Phi) is 6.65. The number of hydrogen-bond donors (Lipinski definition) is 3. The van der Waals surface area contributed by atoms with Crippen LogP contribution in [0.1, 0.15) is 22.3 Å². The Labute approximate surface area is 156 Å². The molecule has 2 aromatic rings. The summed E-state index contributed by atoms with van der Waals surface area (Å²) in [6.07, 6.45) is 0.289. The van der Waals surface area contributed by atoms with Gasteiger partial charge in [0.15, 0.2) is 17.5 Å². The van der Waals surface area contributed by atoms with Crippen molar-refractivity contribution < 1.29 is 23.1 Å². The number of aliphatic hydroxyl groups excluding tert-OH is 1. The summed E-state index contributed by atoms with van der Waals surface area (Å²) in [5.41, 5.74) is 0.425. The summed E-state index contributed by atoms with van der Waals surface area (Å²) in [5.74, 6) is -5.34. The molecule has 0 saturated carbocycles. The van der Waals surface area contributed by atoms with E-state index < -0.39 is 29.0 Å². The van der Waals surface area contributed by atoms with Crippen molar-refractivity contribution in [2.24, 2.45) is 0 Å². The highest BCUT2D eigenvalue weighted by molar-refractivity contribution is 14.1. The highest BCUT2D eigenvalue weighted by Crippen LogP contribution is 2.30. The van der Waals surface area contributed by atoms with Crippen LogP contribution in [0.2, 0.25) is 0 Å². The van der Waals surface area contributed by atoms with E-state index in [0.29, 0.717) is 11.8 Å². The Morgan fingerprint density at radius 3 is 2.56 bits per heavy atom. The molecule has 8 heteroatoms. The van der Waals surface area contributed by atoms with Gasteiger partial charge < -0.3 is 15.7 Å². The van der Waals surface area contributed by atoms with E-state index in [9.17, 15) is 18.0 Å². The Balaban J connectivity index is 2.44. The van der Waals surface area contributed by atoms with E-state index in [1.807, 2.05) is 6.07 Å². The van der Waals surface area contributed by atoms with Gasteiger partial charge in [-0.3, -0.25) is 4.79 Å².